The van der Waals surface area contributed by atoms with Gasteiger partial charge in [-0.05, 0) is 36.9 Å². The van der Waals surface area contributed by atoms with Crippen molar-refractivity contribution in [3.63, 3.8) is 0 Å². The van der Waals surface area contributed by atoms with Crippen LogP contribution in [0.25, 0.3) is 11.0 Å². The summed E-state index contributed by atoms with van der Waals surface area (Å²) in [6.45, 7) is 1.11. The van der Waals surface area contributed by atoms with Gasteiger partial charge in [0, 0.05) is 32.5 Å². The predicted molar refractivity (Wildman–Crippen MR) is 96.6 cm³/mol. The van der Waals surface area contributed by atoms with Crippen LogP contribution in [0.2, 0.25) is 0 Å². The van der Waals surface area contributed by atoms with Gasteiger partial charge in [0.15, 0.2) is 0 Å². The average molecular weight is 346 g/mol. The molecule has 6 heteroatoms. The minimum atomic E-state index is -0.287. The number of halogens is 1. The van der Waals surface area contributed by atoms with Gasteiger partial charge in [-0.15, -0.1) is 0 Å². The first-order valence-corrected chi connectivity index (χ1v) is 9.11. The van der Waals surface area contributed by atoms with Crippen molar-refractivity contribution in [1.82, 2.24) is 14.9 Å². The van der Waals surface area contributed by atoms with Gasteiger partial charge in [0.1, 0.15) is 11.6 Å². The van der Waals surface area contributed by atoms with E-state index in [0.717, 1.165) is 24.2 Å². The molecule has 5 nitrogen and oxygen atoms in total. The van der Waals surface area contributed by atoms with Gasteiger partial charge < -0.3 is 15.6 Å². The summed E-state index contributed by atoms with van der Waals surface area (Å²) < 4.78 is 15.3. The Balaban J connectivity index is 1.55. The van der Waals surface area contributed by atoms with Crippen LogP contribution in [0.4, 0.5) is 4.39 Å². The number of imidazole rings is 1. The normalized spacial score (nSPS) is 16.9. The molecule has 1 saturated carbocycles. The van der Waals surface area contributed by atoms with E-state index in [-0.39, 0.29) is 17.1 Å². The number of nitrogens with one attached hydrogen (secondary N) is 1. The number of aromatic nitrogens is 2. The van der Waals surface area contributed by atoms with Crippen molar-refractivity contribution >= 4 is 16.9 Å². The molecule has 0 unspecified atom stereocenters. The number of carbonyl (C=O) groups excluding carboxylic acids is 1. The van der Waals surface area contributed by atoms with Crippen molar-refractivity contribution in [2.45, 2.75) is 44.9 Å². The van der Waals surface area contributed by atoms with Crippen LogP contribution in [-0.4, -0.2) is 28.5 Å². The maximum absolute atomic E-state index is 13.3. The average Bonchev–Trinajstić information content (AvgIpc) is 2.91. The molecule has 1 aliphatic rings. The van der Waals surface area contributed by atoms with Crippen molar-refractivity contribution in [1.29, 1.82) is 0 Å². The molecule has 25 heavy (non-hydrogen) atoms. The molecular weight excluding hydrogens is 319 g/mol. The molecule has 0 saturated heterocycles. The van der Waals surface area contributed by atoms with Crippen LogP contribution < -0.4 is 11.1 Å². The number of nitrogens with zero attached hydrogens (tertiary/aromatic N) is 2. The standard InChI is InChI=1S/C19H27FN4O/c1-24-16-6-5-14(20)11-15(16)23-17(24)7-10-22-18(25)12-19(13-21)8-3-2-4-9-19/h5-6,11H,2-4,7-10,12-13,21H2,1H3,(H,22,25). The topological polar surface area (TPSA) is 72.9 Å². The van der Waals surface area contributed by atoms with Crippen LogP contribution in [0.15, 0.2) is 18.2 Å². The quantitative estimate of drug-likeness (QED) is 0.844. The molecule has 1 amide bonds. The Labute approximate surface area is 147 Å². The highest BCUT2D eigenvalue weighted by Gasteiger charge is 2.32. The van der Waals surface area contributed by atoms with E-state index < -0.39 is 0 Å². The number of amides is 1. The SMILES string of the molecule is Cn1c(CCNC(=O)CC2(CN)CCCCC2)nc2cc(F)ccc21. The lowest BCUT2D eigenvalue weighted by atomic mass is 9.71. The van der Waals surface area contributed by atoms with Crippen molar-refractivity contribution in [2.75, 3.05) is 13.1 Å². The van der Waals surface area contributed by atoms with Gasteiger partial charge in [-0.1, -0.05) is 19.3 Å². The summed E-state index contributed by atoms with van der Waals surface area (Å²) in [6, 6.07) is 4.60. The second-order valence-electron chi connectivity index (χ2n) is 7.26. The van der Waals surface area contributed by atoms with Crippen LogP contribution in [-0.2, 0) is 18.3 Å². The molecule has 0 spiro atoms. The Kier molecular flexibility index (Phi) is 5.37. The Morgan fingerprint density at radius 3 is 2.84 bits per heavy atom. The van der Waals surface area contributed by atoms with Crippen LogP contribution in [0.3, 0.4) is 0 Å². The van der Waals surface area contributed by atoms with Gasteiger partial charge in [0.2, 0.25) is 5.91 Å². The van der Waals surface area contributed by atoms with E-state index in [1.165, 1.54) is 31.4 Å². The maximum atomic E-state index is 13.3. The van der Waals surface area contributed by atoms with Crippen molar-refractivity contribution < 1.29 is 9.18 Å². The molecule has 3 rings (SSSR count). The highest BCUT2D eigenvalue weighted by molar-refractivity contribution is 5.77. The lowest BCUT2D eigenvalue weighted by Crippen LogP contribution is -2.39. The third kappa shape index (κ3) is 4.00. The summed E-state index contributed by atoms with van der Waals surface area (Å²) in [7, 11) is 1.91. The molecule has 3 N–H and O–H groups in total. The number of fused-ring (bicyclic) bond motifs is 1. The van der Waals surface area contributed by atoms with Crippen molar-refractivity contribution in [2.24, 2.45) is 18.2 Å². The zero-order valence-corrected chi connectivity index (χ0v) is 14.9. The summed E-state index contributed by atoms with van der Waals surface area (Å²) in [6.07, 6.45) is 6.81. The van der Waals surface area contributed by atoms with E-state index in [4.69, 9.17) is 5.73 Å². The fraction of sp³-hybridized carbons (Fsp3) is 0.579. The Hall–Kier alpha value is -1.95. The molecule has 0 aliphatic heterocycles. The minimum Gasteiger partial charge on any atom is -0.356 e. The van der Waals surface area contributed by atoms with Gasteiger partial charge in [-0.3, -0.25) is 4.79 Å². The number of carbonyl (C=O) groups is 1. The highest BCUT2D eigenvalue weighted by Crippen LogP contribution is 2.38. The van der Waals surface area contributed by atoms with Gasteiger partial charge in [-0.2, -0.15) is 0 Å². The first kappa shape index (κ1) is 17.9. The Bertz CT molecular complexity index is 749. The van der Waals surface area contributed by atoms with Crippen LogP contribution in [0.1, 0.15) is 44.3 Å². The molecule has 0 atom stereocenters. The van der Waals surface area contributed by atoms with Gasteiger partial charge in [0.05, 0.1) is 11.0 Å². The van der Waals surface area contributed by atoms with E-state index in [1.807, 2.05) is 11.6 Å². The largest absolute Gasteiger partial charge is 0.356 e. The zero-order chi connectivity index (χ0) is 17.9. The summed E-state index contributed by atoms with van der Waals surface area (Å²) in [5.41, 5.74) is 7.48. The first-order valence-electron chi connectivity index (χ1n) is 9.11. The van der Waals surface area contributed by atoms with Gasteiger partial charge >= 0.3 is 0 Å². The number of nitrogens with two attached hydrogens (primary N) is 1. The molecule has 1 fully saturated rings. The number of benzene rings is 1. The van der Waals surface area contributed by atoms with Gasteiger partial charge in [0.25, 0.3) is 0 Å². The summed E-state index contributed by atoms with van der Waals surface area (Å²) in [5.74, 6) is 0.620. The molecule has 1 aromatic carbocycles. The molecule has 1 aliphatic carbocycles. The number of hydrogen-bond acceptors (Lipinski definition) is 3. The minimum absolute atomic E-state index is 0.0161. The number of aryl methyl sites for hydroxylation is 1. The van der Waals surface area contributed by atoms with Crippen LogP contribution in [0.5, 0.6) is 0 Å². The summed E-state index contributed by atoms with van der Waals surface area (Å²) in [4.78, 5) is 16.8. The second-order valence-corrected chi connectivity index (χ2v) is 7.26. The monoisotopic (exact) mass is 346 g/mol. The molecular formula is C19H27FN4O. The first-order chi connectivity index (χ1) is 12.0. The van der Waals surface area contributed by atoms with Crippen molar-refractivity contribution in [3.8, 4) is 0 Å². The summed E-state index contributed by atoms with van der Waals surface area (Å²) in [5, 5.41) is 3.00. The van der Waals surface area contributed by atoms with E-state index in [9.17, 15) is 9.18 Å². The second kappa shape index (κ2) is 7.52. The highest BCUT2D eigenvalue weighted by atomic mass is 19.1. The molecule has 136 valence electrons. The number of hydrogen-bond donors (Lipinski definition) is 2. The maximum Gasteiger partial charge on any atom is 0.220 e. The number of rotatable bonds is 6. The third-order valence-electron chi connectivity index (χ3n) is 5.49. The van der Waals surface area contributed by atoms with E-state index in [0.29, 0.717) is 31.4 Å². The van der Waals surface area contributed by atoms with E-state index in [1.54, 1.807) is 6.07 Å². The fourth-order valence-electron chi connectivity index (χ4n) is 3.92. The molecule has 0 radical (unpaired) electrons. The van der Waals surface area contributed by atoms with Crippen LogP contribution >= 0.6 is 0 Å². The third-order valence-corrected chi connectivity index (χ3v) is 5.49. The van der Waals surface area contributed by atoms with E-state index in [2.05, 4.69) is 10.3 Å². The summed E-state index contributed by atoms with van der Waals surface area (Å²) >= 11 is 0. The molecule has 1 heterocycles. The van der Waals surface area contributed by atoms with Crippen molar-refractivity contribution in [3.05, 3.63) is 29.8 Å². The van der Waals surface area contributed by atoms with E-state index >= 15 is 0 Å². The Morgan fingerprint density at radius 1 is 1.36 bits per heavy atom. The molecule has 0 bridgehead atoms. The molecule has 1 aromatic heterocycles. The lowest BCUT2D eigenvalue weighted by molar-refractivity contribution is -0.123. The predicted octanol–water partition coefficient (Wildman–Crippen LogP) is 2.67. The fourth-order valence-corrected chi connectivity index (χ4v) is 3.92. The van der Waals surface area contributed by atoms with Gasteiger partial charge in [-0.25, -0.2) is 9.37 Å². The Morgan fingerprint density at radius 2 is 2.12 bits per heavy atom. The smallest absolute Gasteiger partial charge is 0.220 e. The lowest BCUT2D eigenvalue weighted by Gasteiger charge is -2.35. The zero-order valence-electron chi connectivity index (χ0n) is 14.9. The van der Waals surface area contributed by atoms with Crippen LogP contribution in [0, 0.1) is 11.2 Å². The molecule has 2 aromatic rings.